The standard InChI is InChI=1S/C19H23NO2S/c1-13-6-3-4-8-16(13)18(17-10-9-14(2)23-17)20-11-5-7-15(12-20)19(21)22/h3-4,6,8-10,15,18H,5,7,11-12H2,1-2H3,(H,21,22). The van der Waals surface area contributed by atoms with Crippen LogP contribution in [0.4, 0.5) is 0 Å². The molecule has 1 N–H and O–H groups in total. The number of aryl methyl sites for hydroxylation is 2. The molecule has 0 amide bonds. The molecule has 0 saturated carbocycles. The highest BCUT2D eigenvalue weighted by atomic mass is 32.1. The van der Waals surface area contributed by atoms with E-state index < -0.39 is 5.97 Å². The fourth-order valence-corrected chi connectivity index (χ4v) is 4.50. The van der Waals surface area contributed by atoms with E-state index >= 15 is 0 Å². The molecule has 23 heavy (non-hydrogen) atoms. The van der Waals surface area contributed by atoms with E-state index in [0.29, 0.717) is 6.54 Å². The van der Waals surface area contributed by atoms with Crippen molar-refractivity contribution in [3.05, 3.63) is 57.3 Å². The zero-order valence-corrected chi connectivity index (χ0v) is 14.5. The van der Waals surface area contributed by atoms with E-state index in [9.17, 15) is 9.90 Å². The van der Waals surface area contributed by atoms with Crippen LogP contribution >= 0.6 is 11.3 Å². The molecular formula is C19H23NO2S. The molecule has 1 aromatic carbocycles. The maximum Gasteiger partial charge on any atom is 0.307 e. The molecule has 1 aliphatic rings. The van der Waals surface area contributed by atoms with Crippen LogP contribution in [0, 0.1) is 19.8 Å². The molecule has 1 fully saturated rings. The summed E-state index contributed by atoms with van der Waals surface area (Å²) in [5.74, 6) is -0.920. The van der Waals surface area contributed by atoms with Gasteiger partial charge < -0.3 is 5.11 Å². The van der Waals surface area contributed by atoms with Gasteiger partial charge >= 0.3 is 5.97 Å². The molecule has 0 bridgehead atoms. The van der Waals surface area contributed by atoms with Crippen LogP contribution in [-0.4, -0.2) is 29.1 Å². The van der Waals surface area contributed by atoms with Gasteiger partial charge in [-0.3, -0.25) is 9.69 Å². The Balaban J connectivity index is 1.98. The zero-order chi connectivity index (χ0) is 16.4. The summed E-state index contributed by atoms with van der Waals surface area (Å²) in [7, 11) is 0. The van der Waals surface area contributed by atoms with Gasteiger partial charge in [0.1, 0.15) is 0 Å². The summed E-state index contributed by atoms with van der Waals surface area (Å²) in [6.45, 7) is 5.85. The molecular weight excluding hydrogens is 306 g/mol. The Kier molecular flexibility index (Phi) is 4.83. The predicted octanol–water partition coefficient (Wildman–Crippen LogP) is 4.25. The number of aliphatic carboxylic acids is 1. The highest BCUT2D eigenvalue weighted by molar-refractivity contribution is 7.12. The Bertz CT molecular complexity index is 694. The van der Waals surface area contributed by atoms with Gasteiger partial charge in [0.25, 0.3) is 0 Å². The molecule has 0 aliphatic carbocycles. The van der Waals surface area contributed by atoms with Gasteiger partial charge in [-0.2, -0.15) is 0 Å². The van der Waals surface area contributed by atoms with Crippen molar-refractivity contribution >= 4 is 17.3 Å². The largest absolute Gasteiger partial charge is 0.481 e. The van der Waals surface area contributed by atoms with Crippen molar-refractivity contribution in [3.8, 4) is 0 Å². The lowest BCUT2D eigenvalue weighted by Crippen LogP contribution is -2.41. The van der Waals surface area contributed by atoms with Gasteiger partial charge in [0.15, 0.2) is 0 Å². The summed E-state index contributed by atoms with van der Waals surface area (Å²) in [6, 6.07) is 13.0. The number of benzene rings is 1. The van der Waals surface area contributed by atoms with Crippen LogP contribution in [0.1, 0.15) is 39.8 Å². The molecule has 3 nitrogen and oxygen atoms in total. The molecule has 0 radical (unpaired) electrons. The highest BCUT2D eigenvalue weighted by Crippen LogP contribution is 2.37. The van der Waals surface area contributed by atoms with Crippen LogP contribution in [0.5, 0.6) is 0 Å². The molecule has 0 spiro atoms. The molecule has 1 aliphatic heterocycles. The van der Waals surface area contributed by atoms with Gasteiger partial charge in [0.05, 0.1) is 12.0 Å². The van der Waals surface area contributed by atoms with Gasteiger partial charge in [-0.05, 0) is 56.5 Å². The van der Waals surface area contributed by atoms with Crippen molar-refractivity contribution in [2.75, 3.05) is 13.1 Å². The van der Waals surface area contributed by atoms with E-state index in [-0.39, 0.29) is 12.0 Å². The van der Waals surface area contributed by atoms with Crippen LogP contribution in [0.25, 0.3) is 0 Å². The van der Waals surface area contributed by atoms with Crippen molar-refractivity contribution in [2.45, 2.75) is 32.7 Å². The third kappa shape index (κ3) is 3.48. The first kappa shape index (κ1) is 16.2. The van der Waals surface area contributed by atoms with Crippen LogP contribution in [0.15, 0.2) is 36.4 Å². The van der Waals surface area contributed by atoms with Gasteiger partial charge in [0.2, 0.25) is 0 Å². The first-order valence-electron chi connectivity index (χ1n) is 8.15. The number of nitrogens with zero attached hydrogens (tertiary/aromatic N) is 1. The van der Waals surface area contributed by atoms with Crippen molar-refractivity contribution in [1.29, 1.82) is 0 Å². The summed E-state index contributed by atoms with van der Waals surface area (Å²) < 4.78 is 0. The summed E-state index contributed by atoms with van der Waals surface area (Å²) in [5, 5.41) is 9.41. The van der Waals surface area contributed by atoms with E-state index in [1.807, 2.05) is 11.3 Å². The molecule has 1 saturated heterocycles. The Labute approximate surface area is 141 Å². The average Bonchev–Trinajstić information content (AvgIpc) is 2.96. The predicted molar refractivity (Wildman–Crippen MR) is 94.0 cm³/mol. The molecule has 2 unspecified atom stereocenters. The number of rotatable bonds is 4. The molecule has 122 valence electrons. The fourth-order valence-electron chi connectivity index (χ4n) is 3.47. The molecule has 4 heteroatoms. The minimum atomic E-state index is -0.666. The van der Waals surface area contributed by atoms with Gasteiger partial charge in [0, 0.05) is 16.3 Å². The maximum absolute atomic E-state index is 11.4. The number of likely N-dealkylation sites (tertiary alicyclic amines) is 1. The second-order valence-corrected chi connectivity index (χ2v) is 7.70. The summed E-state index contributed by atoms with van der Waals surface area (Å²) in [4.78, 5) is 16.4. The Morgan fingerprint density at radius 1 is 1.26 bits per heavy atom. The Morgan fingerprint density at radius 3 is 2.70 bits per heavy atom. The molecule has 1 aromatic heterocycles. The van der Waals surface area contributed by atoms with Crippen LogP contribution in [0.2, 0.25) is 0 Å². The van der Waals surface area contributed by atoms with E-state index in [1.165, 1.54) is 20.9 Å². The van der Waals surface area contributed by atoms with E-state index in [1.54, 1.807) is 0 Å². The third-order valence-corrected chi connectivity index (χ3v) is 5.73. The average molecular weight is 329 g/mol. The van der Waals surface area contributed by atoms with E-state index in [4.69, 9.17) is 0 Å². The zero-order valence-electron chi connectivity index (χ0n) is 13.7. The number of carboxylic acids is 1. The van der Waals surface area contributed by atoms with Crippen LogP contribution < -0.4 is 0 Å². The van der Waals surface area contributed by atoms with Crippen LogP contribution in [0.3, 0.4) is 0 Å². The lowest BCUT2D eigenvalue weighted by molar-refractivity contribution is -0.143. The first-order valence-corrected chi connectivity index (χ1v) is 8.96. The highest BCUT2D eigenvalue weighted by Gasteiger charge is 2.32. The summed E-state index contributed by atoms with van der Waals surface area (Å²) in [5.41, 5.74) is 2.56. The second-order valence-electron chi connectivity index (χ2n) is 6.38. The Morgan fingerprint density at radius 2 is 2.04 bits per heavy atom. The third-order valence-electron chi connectivity index (χ3n) is 4.68. The number of carbonyl (C=O) groups is 1. The monoisotopic (exact) mass is 329 g/mol. The quantitative estimate of drug-likeness (QED) is 0.911. The first-order chi connectivity index (χ1) is 11.1. The van der Waals surface area contributed by atoms with Gasteiger partial charge in [-0.15, -0.1) is 11.3 Å². The number of thiophene rings is 1. The van der Waals surface area contributed by atoms with Crippen LogP contribution in [-0.2, 0) is 4.79 Å². The fraction of sp³-hybridized carbons (Fsp3) is 0.421. The molecule has 2 atom stereocenters. The normalized spacial score (nSPS) is 20.3. The number of carboxylic acid groups (broad SMARTS) is 1. The second kappa shape index (κ2) is 6.85. The summed E-state index contributed by atoms with van der Waals surface area (Å²) in [6.07, 6.45) is 1.74. The van der Waals surface area contributed by atoms with E-state index in [0.717, 1.165) is 19.4 Å². The van der Waals surface area contributed by atoms with E-state index in [2.05, 4.69) is 55.1 Å². The van der Waals surface area contributed by atoms with Crippen molar-refractivity contribution in [2.24, 2.45) is 5.92 Å². The maximum atomic E-state index is 11.4. The Hall–Kier alpha value is -1.65. The number of hydrogen-bond acceptors (Lipinski definition) is 3. The van der Waals surface area contributed by atoms with Crippen molar-refractivity contribution in [1.82, 2.24) is 4.90 Å². The lowest BCUT2D eigenvalue weighted by atomic mass is 9.92. The lowest BCUT2D eigenvalue weighted by Gasteiger charge is -2.37. The minimum Gasteiger partial charge on any atom is -0.481 e. The SMILES string of the molecule is Cc1ccc(C(c2ccccc2C)N2CCCC(C(=O)O)C2)s1. The number of piperidine rings is 1. The van der Waals surface area contributed by atoms with Crippen molar-refractivity contribution in [3.63, 3.8) is 0 Å². The minimum absolute atomic E-state index is 0.164. The van der Waals surface area contributed by atoms with Gasteiger partial charge in [-0.1, -0.05) is 24.3 Å². The molecule has 3 rings (SSSR count). The van der Waals surface area contributed by atoms with Gasteiger partial charge in [-0.25, -0.2) is 0 Å². The number of hydrogen-bond donors (Lipinski definition) is 1. The van der Waals surface area contributed by atoms with Crippen molar-refractivity contribution < 1.29 is 9.90 Å². The smallest absolute Gasteiger partial charge is 0.307 e. The molecule has 2 aromatic rings. The summed E-state index contributed by atoms with van der Waals surface area (Å²) >= 11 is 1.81. The molecule has 2 heterocycles. The topological polar surface area (TPSA) is 40.5 Å².